The molecule has 0 bridgehead atoms. The molecule has 1 N–H and O–H groups in total. The summed E-state index contributed by atoms with van der Waals surface area (Å²) in [4.78, 5) is 0. The van der Waals surface area contributed by atoms with E-state index in [0.29, 0.717) is 0 Å². The minimum Gasteiger partial charge on any atom is -0.316 e. The number of hydrogen-bond acceptors (Lipinski definition) is 1. The Hall–Kier alpha value is -0.0400. The smallest absolute Gasteiger partial charge is 0.0121 e. The van der Waals surface area contributed by atoms with E-state index in [4.69, 9.17) is 0 Å². The molecular formula is C14H27N. The van der Waals surface area contributed by atoms with E-state index in [0.717, 1.165) is 23.8 Å². The maximum Gasteiger partial charge on any atom is 0.0121 e. The summed E-state index contributed by atoms with van der Waals surface area (Å²) in [7, 11) is 2.18. The highest BCUT2D eigenvalue weighted by atomic mass is 14.9. The fourth-order valence-electron chi connectivity index (χ4n) is 3.51. The Morgan fingerprint density at radius 2 is 1.47 bits per heavy atom. The highest BCUT2D eigenvalue weighted by molar-refractivity contribution is 4.89. The minimum absolute atomic E-state index is 0.801. The summed E-state index contributed by atoms with van der Waals surface area (Å²) in [6.07, 6.45) is 11.8. The van der Waals surface area contributed by atoms with Crippen LogP contribution < -0.4 is 5.32 Å². The molecule has 0 aromatic heterocycles. The van der Waals surface area contributed by atoms with E-state index >= 15 is 0 Å². The van der Waals surface area contributed by atoms with Crippen molar-refractivity contribution in [2.24, 2.45) is 17.8 Å². The van der Waals surface area contributed by atoms with Crippen LogP contribution in [0, 0.1) is 17.8 Å². The van der Waals surface area contributed by atoms with Gasteiger partial charge >= 0.3 is 0 Å². The average Bonchev–Trinajstić information content (AvgIpc) is 3.07. The first kappa shape index (κ1) is 11.4. The zero-order valence-corrected chi connectivity index (χ0v) is 10.5. The topological polar surface area (TPSA) is 12.0 Å². The average molecular weight is 209 g/mol. The van der Waals surface area contributed by atoms with Gasteiger partial charge in [0, 0.05) is 6.04 Å². The summed E-state index contributed by atoms with van der Waals surface area (Å²) in [5.41, 5.74) is 0. The second-order valence-corrected chi connectivity index (χ2v) is 5.76. The Kier molecular flexibility index (Phi) is 4.07. The maximum absolute atomic E-state index is 3.62. The third kappa shape index (κ3) is 2.96. The van der Waals surface area contributed by atoms with Crippen molar-refractivity contribution in [3.63, 3.8) is 0 Å². The molecule has 2 aliphatic carbocycles. The van der Waals surface area contributed by atoms with Crippen molar-refractivity contribution in [1.29, 1.82) is 0 Å². The molecule has 2 fully saturated rings. The van der Waals surface area contributed by atoms with Crippen LogP contribution in [0.3, 0.4) is 0 Å². The molecule has 0 aromatic carbocycles. The van der Waals surface area contributed by atoms with Gasteiger partial charge in [-0.25, -0.2) is 0 Å². The predicted octanol–water partition coefficient (Wildman–Crippen LogP) is 3.59. The molecule has 15 heavy (non-hydrogen) atoms. The van der Waals surface area contributed by atoms with Crippen molar-refractivity contribution in [3.8, 4) is 0 Å². The second kappa shape index (κ2) is 5.34. The third-order valence-electron chi connectivity index (χ3n) is 4.67. The van der Waals surface area contributed by atoms with Crippen LogP contribution in [-0.2, 0) is 0 Å². The zero-order valence-electron chi connectivity index (χ0n) is 10.5. The largest absolute Gasteiger partial charge is 0.316 e. The summed E-state index contributed by atoms with van der Waals surface area (Å²) >= 11 is 0. The lowest BCUT2D eigenvalue weighted by Crippen LogP contribution is -2.40. The summed E-state index contributed by atoms with van der Waals surface area (Å²) < 4.78 is 0. The molecule has 0 spiro atoms. The minimum atomic E-state index is 0.801. The van der Waals surface area contributed by atoms with Crippen LogP contribution in [0.25, 0.3) is 0 Å². The van der Waals surface area contributed by atoms with Crippen LogP contribution in [0.1, 0.15) is 58.3 Å². The normalized spacial score (nSPS) is 28.4. The van der Waals surface area contributed by atoms with Crippen LogP contribution in [0.5, 0.6) is 0 Å². The van der Waals surface area contributed by atoms with Gasteiger partial charge in [-0.3, -0.25) is 0 Å². The van der Waals surface area contributed by atoms with Crippen LogP contribution in [0.4, 0.5) is 0 Å². The third-order valence-corrected chi connectivity index (χ3v) is 4.67. The Bertz CT molecular complexity index is 178. The maximum atomic E-state index is 3.62. The predicted molar refractivity (Wildman–Crippen MR) is 65.9 cm³/mol. The molecule has 1 heteroatoms. The highest BCUT2D eigenvalue weighted by Gasteiger charge is 2.36. The Labute approximate surface area is 95.0 Å². The molecule has 2 aliphatic rings. The van der Waals surface area contributed by atoms with Gasteiger partial charge in [-0.2, -0.15) is 0 Å². The highest BCUT2D eigenvalue weighted by Crippen LogP contribution is 2.41. The van der Waals surface area contributed by atoms with Gasteiger partial charge in [0.1, 0.15) is 0 Å². The van der Waals surface area contributed by atoms with Gasteiger partial charge < -0.3 is 5.32 Å². The van der Waals surface area contributed by atoms with Crippen molar-refractivity contribution in [1.82, 2.24) is 5.32 Å². The summed E-state index contributed by atoms with van der Waals surface area (Å²) in [6.45, 7) is 2.48. The Morgan fingerprint density at radius 3 is 1.93 bits per heavy atom. The molecule has 0 radical (unpaired) electrons. The van der Waals surface area contributed by atoms with Crippen molar-refractivity contribution in [2.75, 3.05) is 7.05 Å². The van der Waals surface area contributed by atoms with Crippen LogP contribution >= 0.6 is 0 Å². The first-order valence-electron chi connectivity index (χ1n) is 7.00. The molecule has 0 heterocycles. The molecule has 1 nitrogen and oxygen atoms in total. The molecule has 88 valence electrons. The first-order valence-corrected chi connectivity index (χ1v) is 7.00. The summed E-state index contributed by atoms with van der Waals surface area (Å²) in [5, 5.41) is 3.62. The lowest BCUT2D eigenvalue weighted by atomic mass is 9.82. The molecule has 2 saturated carbocycles. The van der Waals surface area contributed by atoms with Gasteiger partial charge in [0.15, 0.2) is 0 Å². The van der Waals surface area contributed by atoms with E-state index in [1.807, 2.05) is 0 Å². The van der Waals surface area contributed by atoms with Crippen molar-refractivity contribution in [3.05, 3.63) is 0 Å². The SMILES string of the molecule is CNC(C1CCCCCC1)C(C)C1CC1. The molecular weight excluding hydrogens is 182 g/mol. The molecule has 0 saturated heterocycles. The fourth-order valence-corrected chi connectivity index (χ4v) is 3.51. The van der Waals surface area contributed by atoms with Crippen molar-refractivity contribution >= 4 is 0 Å². The number of hydrogen-bond donors (Lipinski definition) is 1. The molecule has 0 amide bonds. The lowest BCUT2D eigenvalue weighted by molar-refractivity contribution is 0.240. The van der Waals surface area contributed by atoms with Gasteiger partial charge in [0.25, 0.3) is 0 Å². The Morgan fingerprint density at radius 1 is 0.867 bits per heavy atom. The molecule has 0 aliphatic heterocycles. The summed E-state index contributed by atoms with van der Waals surface area (Å²) in [5.74, 6) is 2.93. The van der Waals surface area contributed by atoms with Gasteiger partial charge in [-0.15, -0.1) is 0 Å². The number of nitrogens with one attached hydrogen (secondary N) is 1. The van der Waals surface area contributed by atoms with Crippen molar-refractivity contribution in [2.45, 2.75) is 64.3 Å². The van der Waals surface area contributed by atoms with Crippen LogP contribution in [0.15, 0.2) is 0 Å². The van der Waals surface area contributed by atoms with Crippen LogP contribution in [0.2, 0.25) is 0 Å². The summed E-state index contributed by atoms with van der Waals surface area (Å²) in [6, 6.07) is 0.801. The molecule has 2 unspecified atom stereocenters. The first-order chi connectivity index (χ1) is 7.33. The molecule has 2 atom stereocenters. The van der Waals surface area contributed by atoms with E-state index < -0.39 is 0 Å². The quantitative estimate of drug-likeness (QED) is 0.698. The molecule has 2 rings (SSSR count). The van der Waals surface area contributed by atoms with Gasteiger partial charge in [-0.1, -0.05) is 32.6 Å². The van der Waals surface area contributed by atoms with E-state index in [2.05, 4.69) is 19.3 Å². The van der Waals surface area contributed by atoms with Crippen LogP contribution in [-0.4, -0.2) is 13.1 Å². The second-order valence-electron chi connectivity index (χ2n) is 5.76. The van der Waals surface area contributed by atoms with Crippen molar-refractivity contribution < 1.29 is 0 Å². The zero-order chi connectivity index (χ0) is 10.7. The van der Waals surface area contributed by atoms with E-state index in [1.54, 1.807) is 0 Å². The number of rotatable bonds is 4. The monoisotopic (exact) mass is 209 g/mol. The Balaban J connectivity index is 1.90. The van der Waals surface area contributed by atoms with Gasteiger partial charge in [0.05, 0.1) is 0 Å². The fraction of sp³-hybridized carbons (Fsp3) is 1.00. The van der Waals surface area contributed by atoms with E-state index in [9.17, 15) is 0 Å². The standard InChI is InChI=1S/C14H27N/c1-11(12-9-10-12)14(15-2)13-7-5-3-4-6-8-13/h11-15H,3-10H2,1-2H3. The molecule has 0 aromatic rings. The lowest BCUT2D eigenvalue weighted by Gasteiger charge is -2.31. The van der Waals surface area contributed by atoms with E-state index in [1.165, 1.54) is 51.4 Å². The van der Waals surface area contributed by atoms with Gasteiger partial charge in [-0.05, 0) is 50.5 Å². The van der Waals surface area contributed by atoms with E-state index in [-0.39, 0.29) is 0 Å². The van der Waals surface area contributed by atoms with Gasteiger partial charge in [0.2, 0.25) is 0 Å².